The van der Waals surface area contributed by atoms with Gasteiger partial charge in [0, 0.05) is 35.1 Å². The molecule has 0 atom stereocenters. The van der Waals surface area contributed by atoms with Crippen LogP contribution in [0, 0.1) is 0 Å². The van der Waals surface area contributed by atoms with Gasteiger partial charge in [0.05, 0.1) is 18.9 Å². The number of carbonyl (C=O) groups excluding carboxylic acids is 1. The van der Waals surface area contributed by atoms with E-state index in [1.165, 1.54) is 6.07 Å². The van der Waals surface area contributed by atoms with Crippen molar-refractivity contribution in [3.8, 4) is 11.5 Å². The van der Waals surface area contributed by atoms with Crippen molar-refractivity contribution in [2.75, 3.05) is 54.5 Å². The van der Waals surface area contributed by atoms with Crippen LogP contribution in [0.15, 0.2) is 65.6 Å². The lowest BCUT2D eigenvalue weighted by atomic mass is 10.1. The Morgan fingerprint density at radius 3 is 2.28 bits per heavy atom. The van der Waals surface area contributed by atoms with E-state index in [1.807, 2.05) is 4.90 Å². The van der Waals surface area contributed by atoms with Crippen molar-refractivity contribution >= 4 is 44.6 Å². The number of halogens is 1. The molecule has 0 saturated carbocycles. The first-order valence-electron chi connectivity index (χ1n) is 11.4. The fraction of sp³-hybridized carbons (Fsp3) is 0.240. The minimum absolute atomic E-state index is 0.0410. The molecule has 36 heavy (non-hydrogen) atoms. The number of nitrogens with zero attached hydrogens (tertiary/aromatic N) is 1. The van der Waals surface area contributed by atoms with Gasteiger partial charge in [-0.15, -0.1) is 0 Å². The van der Waals surface area contributed by atoms with E-state index >= 15 is 0 Å². The number of hydrogen-bond donors (Lipinski definition) is 2. The number of nitrogens with one attached hydrogen (secondary N) is 2. The highest BCUT2D eigenvalue weighted by Crippen LogP contribution is 2.33. The number of fused-ring (bicyclic) bond motifs is 1. The second-order valence-electron chi connectivity index (χ2n) is 8.21. The zero-order valence-electron chi connectivity index (χ0n) is 19.2. The fourth-order valence-corrected chi connectivity index (χ4v) is 5.43. The molecule has 1 fully saturated rings. The van der Waals surface area contributed by atoms with Crippen LogP contribution < -0.4 is 24.4 Å². The molecule has 9 nitrogen and oxygen atoms in total. The molecular formula is C25H24ClN3O6S. The molecule has 0 aromatic heterocycles. The van der Waals surface area contributed by atoms with Gasteiger partial charge in [0.1, 0.15) is 18.1 Å². The van der Waals surface area contributed by atoms with E-state index in [0.29, 0.717) is 78.7 Å². The SMILES string of the molecule is O=C(Nc1ccc(N2CCOCC2)c(S(=O)(=O)Nc2ccc(Cl)cc2)c1)c1ccc2c(c1)OCCO2. The minimum atomic E-state index is -4.00. The van der Waals surface area contributed by atoms with Crippen molar-refractivity contribution in [2.24, 2.45) is 0 Å². The third kappa shape index (κ3) is 5.35. The van der Waals surface area contributed by atoms with E-state index in [2.05, 4.69) is 10.0 Å². The second-order valence-corrected chi connectivity index (χ2v) is 10.3. The van der Waals surface area contributed by atoms with Crippen molar-refractivity contribution in [3.63, 3.8) is 0 Å². The zero-order chi connectivity index (χ0) is 25.1. The van der Waals surface area contributed by atoms with Crippen LogP contribution in [0.4, 0.5) is 17.1 Å². The molecule has 11 heteroatoms. The standard InChI is InChI=1S/C25H24ClN3O6S/c26-18-2-4-19(5-3-18)28-36(31,32)24-16-20(6-7-21(24)29-9-11-33-12-10-29)27-25(30)17-1-8-22-23(15-17)35-14-13-34-22/h1-8,15-16,28H,9-14H2,(H,27,30). The molecule has 0 unspecified atom stereocenters. The number of ether oxygens (including phenoxy) is 3. The Morgan fingerprint density at radius 1 is 0.833 bits per heavy atom. The lowest BCUT2D eigenvalue weighted by molar-refractivity contribution is 0.102. The number of amides is 1. The molecule has 0 bridgehead atoms. The second kappa shape index (κ2) is 10.3. The Kier molecular flexibility index (Phi) is 6.90. The topological polar surface area (TPSA) is 106 Å². The van der Waals surface area contributed by atoms with Crippen LogP contribution in [-0.4, -0.2) is 53.8 Å². The number of hydrogen-bond acceptors (Lipinski definition) is 7. The molecule has 3 aromatic carbocycles. The quantitative estimate of drug-likeness (QED) is 0.497. The molecule has 1 amide bonds. The van der Waals surface area contributed by atoms with E-state index in [9.17, 15) is 13.2 Å². The van der Waals surface area contributed by atoms with E-state index in [0.717, 1.165) is 0 Å². The third-order valence-electron chi connectivity index (χ3n) is 5.76. The highest BCUT2D eigenvalue weighted by atomic mass is 35.5. The highest BCUT2D eigenvalue weighted by Gasteiger charge is 2.25. The molecule has 0 radical (unpaired) electrons. The van der Waals surface area contributed by atoms with Gasteiger partial charge in [-0.2, -0.15) is 0 Å². The van der Waals surface area contributed by atoms with Gasteiger partial charge >= 0.3 is 0 Å². The summed E-state index contributed by atoms with van der Waals surface area (Å²) in [6.45, 7) is 2.94. The van der Waals surface area contributed by atoms with Crippen molar-refractivity contribution in [1.29, 1.82) is 0 Å². The Labute approximate surface area is 214 Å². The maximum atomic E-state index is 13.5. The van der Waals surface area contributed by atoms with Crippen molar-refractivity contribution in [3.05, 3.63) is 71.2 Å². The van der Waals surface area contributed by atoms with Crippen LogP contribution in [-0.2, 0) is 14.8 Å². The van der Waals surface area contributed by atoms with Gasteiger partial charge in [0.15, 0.2) is 11.5 Å². The normalized spacial score (nSPS) is 15.3. The largest absolute Gasteiger partial charge is 0.486 e. The molecule has 188 valence electrons. The fourth-order valence-electron chi connectivity index (χ4n) is 3.99. The molecule has 2 heterocycles. The molecule has 1 saturated heterocycles. The molecule has 5 rings (SSSR count). The number of anilines is 3. The van der Waals surface area contributed by atoms with Gasteiger partial charge in [-0.05, 0) is 60.7 Å². The summed E-state index contributed by atoms with van der Waals surface area (Å²) in [4.78, 5) is 15.0. The maximum absolute atomic E-state index is 13.5. The number of sulfonamides is 1. The molecular weight excluding hydrogens is 506 g/mol. The van der Waals surface area contributed by atoms with Crippen LogP contribution in [0.5, 0.6) is 11.5 Å². The lowest BCUT2D eigenvalue weighted by Crippen LogP contribution is -2.37. The van der Waals surface area contributed by atoms with Gasteiger partial charge in [-0.25, -0.2) is 8.42 Å². The zero-order valence-corrected chi connectivity index (χ0v) is 20.8. The predicted molar refractivity (Wildman–Crippen MR) is 137 cm³/mol. The van der Waals surface area contributed by atoms with Crippen LogP contribution in [0.1, 0.15) is 10.4 Å². The van der Waals surface area contributed by atoms with Crippen LogP contribution in [0.2, 0.25) is 5.02 Å². The molecule has 3 aromatic rings. The smallest absolute Gasteiger partial charge is 0.264 e. The third-order valence-corrected chi connectivity index (χ3v) is 7.42. The number of morpholine rings is 1. The molecule has 2 N–H and O–H groups in total. The van der Waals surface area contributed by atoms with Crippen molar-refractivity contribution < 1.29 is 27.4 Å². The summed E-state index contributed by atoms with van der Waals surface area (Å²) < 4.78 is 46.0. The minimum Gasteiger partial charge on any atom is -0.486 e. The average molecular weight is 530 g/mol. The summed E-state index contributed by atoms with van der Waals surface area (Å²) in [7, 11) is -4.00. The van der Waals surface area contributed by atoms with Crippen molar-refractivity contribution in [2.45, 2.75) is 4.90 Å². The predicted octanol–water partition coefficient (Wildman–Crippen LogP) is 4.00. The van der Waals surface area contributed by atoms with Gasteiger partial charge in [0.2, 0.25) is 0 Å². The van der Waals surface area contributed by atoms with E-state index in [4.69, 9.17) is 25.8 Å². The summed E-state index contributed by atoms with van der Waals surface area (Å²) in [6, 6.07) is 16.1. The Hall–Kier alpha value is -3.47. The molecule has 2 aliphatic rings. The first-order chi connectivity index (χ1) is 17.4. The summed E-state index contributed by atoms with van der Waals surface area (Å²) in [5.41, 5.74) is 1.60. The number of benzene rings is 3. The van der Waals surface area contributed by atoms with Gasteiger partial charge in [-0.3, -0.25) is 9.52 Å². The van der Waals surface area contributed by atoms with E-state index in [1.54, 1.807) is 54.6 Å². The molecule has 2 aliphatic heterocycles. The molecule has 0 aliphatic carbocycles. The van der Waals surface area contributed by atoms with Gasteiger partial charge < -0.3 is 24.4 Å². The average Bonchev–Trinajstić information content (AvgIpc) is 2.90. The highest BCUT2D eigenvalue weighted by molar-refractivity contribution is 7.92. The Bertz CT molecular complexity index is 1380. The number of carbonyl (C=O) groups is 1. The van der Waals surface area contributed by atoms with E-state index < -0.39 is 15.9 Å². The summed E-state index contributed by atoms with van der Waals surface area (Å²) in [5.74, 6) is 0.668. The van der Waals surface area contributed by atoms with Crippen molar-refractivity contribution in [1.82, 2.24) is 0 Å². The summed E-state index contributed by atoms with van der Waals surface area (Å²) in [5, 5.41) is 3.29. The van der Waals surface area contributed by atoms with Gasteiger partial charge in [0.25, 0.3) is 15.9 Å². The van der Waals surface area contributed by atoms with Crippen LogP contribution in [0.3, 0.4) is 0 Å². The van der Waals surface area contributed by atoms with Crippen LogP contribution >= 0.6 is 11.6 Å². The first kappa shape index (κ1) is 24.2. The summed E-state index contributed by atoms with van der Waals surface area (Å²) in [6.07, 6.45) is 0. The Balaban J connectivity index is 1.45. The Morgan fingerprint density at radius 2 is 1.53 bits per heavy atom. The first-order valence-corrected chi connectivity index (χ1v) is 13.2. The van der Waals surface area contributed by atoms with E-state index in [-0.39, 0.29) is 4.90 Å². The maximum Gasteiger partial charge on any atom is 0.264 e. The molecule has 0 spiro atoms. The number of rotatable bonds is 6. The lowest BCUT2D eigenvalue weighted by Gasteiger charge is -2.30. The summed E-state index contributed by atoms with van der Waals surface area (Å²) >= 11 is 5.93. The van der Waals surface area contributed by atoms with Crippen LogP contribution in [0.25, 0.3) is 0 Å². The monoisotopic (exact) mass is 529 g/mol. The van der Waals surface area contributed by atoms with Gasteiger partial charge in [-0.1, -0.05) is 11.6 Å².